The lowest BCUT2D eigenvalue weighted by Crippen LogP contribution is -2.42. The van der Waals surface area contributed by atoms with Crippen molar-refractivity contribution in [2.45, 2.75) is 46.2 Å². The van der Waals surface area contributed by atoms with Gasteiger partial charge in [-0.15, -0.1) is 0 Å². The first kappa shape index (κ1) is 19.7. The van der Waals surface area contributed by atoms with Crippen molar-refractivity contribution in [3.8, 4) is 0 Å². The van der Waals surface area contributed by atoms with Gasteiger partial charge < -0.3 is 14.6 Å². The molecule has 2 aromatic rings. The van der Waals surface area contributed by atoms with Gasteiger partial charge in [-0.2, -0.15) is 0 Å². The van der Waals surface area contributed by atoms with Crippen LogP contribution < -0.4 is 5.32 Å². The highest BCUT2D eigenvalue weighted by atomic mass is 16.5. The Hall–Kier alpha value is -2.63. The van der Waals surface area contributed by atoms with Crippen LogP contribution in [0, 0.1) is 5.92 Å². The molecule has 0 aliphatic carbocycles. The molecule has 0 saturated heterocycles. The van der Waals surface area contributed by atoms with Crippen LogP contribution in [0.25, 0.3) is 10.9 Å². The van der Waals surface area contributed by atoms with Crippen molar-refractivity contribution in [1.82, 2.24) is 9.88 Å². The maximum absolute atomic E-state index is 12.3. The third-order valence-corrected chi connectivity index (χ3v) is 4.28. The summed E-state index contributed by atoms with van der Waals surface area (Å²) in [6.45, 7) is 5.93. The van der Waals surface area contributed by atoms with Crippen LogP contribution in [0.15, 0.2) is 30.5 Å². The smallest absolute Gasteiger partial charge is 0.328 e. The molecular weight excluding hydrogens is 332 g/mol. The number of aryl methyl sites for hydroxylation is 1. The van der Waals surface area contributed by atoms with Crippen LogP contribution in [0.5, 0.6) is 0 Å². The van der Waals surface area contributed by atoms with Gasteiger partial charge in [0.1, 0.15) is 6.04 Å². The summed E-state index contributed by atoms with van der Waals surface area (Å²) in [7, 11) is 1.32. The van der Waals surface area contributed by atoms with Crippen LogP contribution in [0.3, 0.4) is 0 Å². The molecule has 26 heavy (non-hydrogen) atoms. The zero-order valence-electron chi connectivity index (χ0n) is 15.7. The van der Waals surface area contributed by atoms with E-state index in [0.29, 0.717) is 18.5 Å². The number of ketones is 1. The maximum Gasteiger partial charge on any atom is 0.328 e. The molecule has 1 unspecified atom stereocenters. The minimum atomic E-state index is -0.637. The number of methoxy groups -OCH3 is 1. The number of carbonyl (C=O) groups excluding carboxylic acids is 3. The number of aromatic nitrogens is 1. The molecule has 0 fully saturated rings. The second-order valence-electron chi connectivity index (χ2n) is 6.83. The third kappa shape index (κ3) is 4.71. The topological polar surface area (TPSA) is 77.4 Å². The van der Waals surface area contributed by atoms with Gasteiger partial charge in [-0.1, -0.05) is 32.0 Å². The number of ether oxygens (including phenoxy) is 1. The molecule has 140 valence electrons. The number of amides is 1. The van der Waals surface area contributed by atoms with Gasteiger partial charge in [0.2, 0.25) is 5.91 Å². The predicted molar refractivity (Wildman–Crippen MR) is 100.0 cm³/mol. The largest absolute Gasteiger partial charge is 0.467 e. The van der Waals surface area contributed by atoms with Crippen LogP contribution >= 0.6 is 0 Å². The van der Waals surface area contributed by atoms with Gasteiger partial charge in [-0.25, -0.2) is 4.79 Å². The number of nitrogens with one attached hydrogen (secondary N) is 1. The van der Waals surface area contributed by atoms with Crippen LogP contribution in [-0.4, -0.2) is 35.4 Å². The number of hydrogen-bond donors (Lipinski definition) is 1. The molecule has 1 aromatic heterocycles. The van der Waals surface area contributed by atoms with E-state index in [1.807, 2.05) is 42.7 Å². The van der Waals surface area contributed by atoms with Gasteiger partial charge >= 0.3 is 5.97 Å². The van der Waals surface area contributed by atoms with Gasteiger partial charge in [-0.05, 0) is 25.3 Å². The van der Waals surface area contributed by atoms with E-state index in [-0.39, 0.29) is 24.0 Å². The second kappa shape index (κ2) is 8.65. The van der Waals surface area contributed by atoms with Crippen molar-refractivity contribution in [3.05, 3.63) is 36.0 Å². The third-order valence-electron chi connectivity index (χ3n) is 4.28. The summed E-state index contributed by atoms with van der Waals surface area (Å²) in [5.74, 6) is -0.404. The van der Waals surface area contributed by atoms with E-state index in [1.54, 1.807) is 6.20 Å². The Morgan fingerprint density at radius 1 is 1.19 bits per heavy atom. The Morgan fingerprint density at radius 2 is 1.88 bits per heavy atom. The van der Waals surface area contributed by atoms with E-state index in [9.17, 15) is 14.4 Å². The summed E-state index contributed by atoms with van der Waals surface area (Å²) >= 11 is 0. The predicted octanol–water partition coefficient (Wildman–Crippen LogP) is 2.94. The van der Waals surface area contributed by atoms with E-state index in [4.69, 9.17) is 4.74 Å². The van der Waals surface area contributed by atoms with Gasteiger partial charge in [0.15, 0.2) is 5.78 Å². The molecule has 1 heterocycles. The molecule has 6 nitrogen and oxygen atoms in total. The maximum atomic E-state index is 12.3. The van der Waals surface area contributed by atoms with Crippen molar-refractivity contribution < 1.29 is 19.1 Å². The minimum Gasteiger partial charge on any atom is -0.467 e. The van der Waals surface area contributed by atoms with Crippen molar-refractivity contribution >= 4 is 28.6 Å². The van der Waals surface area contributed by atoms with Crippen LogP contribution in [0.1, 0.15) is 44.0 Å². The Labute approximate surface area is 153 Å². The molecular formula is C20H26N2O4. The summed E-state index contributed by atoms with van der Waals surface area (Å²) in [6, 6.07) is 6.98. The average Bonchev–Trinajstić information content (AvgIpc) is 2.97. The van der Waals surface area contributed by atoms with Crippen molar-refractivity contribution in [2.24, 2.45) is 5.92 Å². The quantitative estimate of drug-likeness (QED) is 0.581. The number of rotatable bonds is 8. The second-order valence-corrected chi connectivity index (χ2v) is 6.83. The number of esters is 1. The zero-order chi connectivity index (χ0) is 19.3. The fourth-order valence-electron chi connectivity index (χ4n) is 3.03. The molecule has 1 aromatic carbocycles. The SMILES string of the molecule is COC(=O)C(CC(C)C)NC(=O)CCn1cc(C(C)=O)c2ccccc21. The van der Waals surface area contributed by atoms with Crippen LogP contribution in [-0.2, 0) is 20.9 Å². The fourth-order valence-corrected chi connectivity index (χ4v) is 3.03. The summed E-state index contributed by atoms with van der Waals surface area (Å²) in [5, 5.41) is 3.64. The number of para-hydroxylation sites is 1. The summed E-state index contributed by atoms with van der Waals surface area (Å²) < 4.78 is 6.67. The molecule has 0 aliphatic heterocycles. The molecule has 1 atom stereocenters. The fraction of sp³-hybridized carbons (Fsp3) is 0.450. The monoisotopic (exact) mass is 358 g/mol. The Bertz CT molecular complexity index is 807. The number of benzene rings is 1. The summed E-state index contributed by atoms with van der Waals surface area (Å²) in [5.41, 5.74) is 1.56. The summed E-state index contributed by atoms with van der Waals surface area (Å²) in [6.07, 6.45) is 2.52. The van der Waals surface area contributed by atoms with Gasteiger partial charge in [0.25, 0.3) is 0 Å². The Kier molecular flexibility index (Phi) is 6.55. The first-order valence-corrected chi connectivity index (χ1v) is 8.79. The molecule has 0 bridgehead atoms. The number of fused-ring (bicyclic) bond motifs is 1. The van der Waals surface area contributed by atoms with E-state index in [0.717, 1.165) is 10.9 Å². The first-order valence-electron chi connectivity index (χ1n) is 8.79. The van der Waals surface area contributed by atoms with Crippen LogP contribution in [0.2, 0.25) is 0 Å². The molecule has 0 radical (unpaired) electrons. The van der Waals surface area contributed by atoms with E-state index >= 15 is 0 Å². The Morgan fingerprint density at radius 3 is 2.50 bits per heavy atom. The average molecular weight is 358 g/mol. The molecule has 0 saturated carbocycles. The van der Waals surface area contributed by atoms with Crippen molar-refractivity contribution in [1.29, 1.82) is 0 Å². The number of Topliss-reactive ketones (excluding diaryl/α,β-unsaturated/α-hetero) is 1. The van der Waals surface area contributed by atoms with E-state index in [1.165, 1.54) is 14.0 Å². The Balaban J connectivity index is 2.08. The molecule has 0 aliphatic rings. The van der Waals surface area contributed by atoms with Gasteiger partial charge in [-0.3, -0.25) is 9.59 Å². The van der Waals surface area contributed by atoms with Crippen LogP contribution in [0.4, 0.5) is 0 Å². The highest BCUT2D eigenvalue weighted by molar-refractivity contribution is 6.07. The first-order chi connectivity index (χ1) is 12.3. The molecule has 1 N–H and O–H groups in total. The highest BCUT2D eigenvalue weighted by Gasteiger charge is 2.22. The zero-order valence-corrected chi connectivity index (χ0v) is 15.7. The standard InChI is InChI=1S/C20H26N2O4/c1-13(2)11-17(20(25)26-4)21-19(24)9-10-22-12-16(14(3)23)15-7-5-6-8-18(15)22/h5-8,12-13,17H,9-11H2,1-4H3,(H,21,24). The van der Waals surface area contributed by atoms with E-state index in [2.05, 4.69) is 5.32 Å². The summed E-state index contributed by atoms with van der Waals surface area (Å²) in [4.78, 5) is 36.0. The number of nitrogens with zero attached hydrogens (tertiary/aromatic N) is 1. The van der Waals surface area contributed by atoms with Crippen molar-refractivity contribution in [3.63, 3.8) is 0 Å². The molecule has 0 spiro atoms. The number of hydrogen-bond acceptors (Lipinski definition) is 4. The lowest BCUT2D eigenvalue weighted by atomic mass is 10.0. The molecule has 2 rings (SSSR count). The minimum absolute atomic E-state index is 0.00732. The van der Waals surface area contributed by atoms with Gasteiger partial charge in [0.05, 0.1) is 7.11 Å². The van der Waals surface area contributed by atoms with Gasteiger partial charge in [0, 0.05) is 35.6 Å². The normalized spacial score (nSPS) is 12.2. The van der Waals surface area contributed by atoms with Crippen molar-refractivity contribution in [2.75, 3.05) is 7.11 Å². The number of carbonyl (C=O) groups is 3. The molecule has 6 heteroatoms. The lowest BCUT2D eigenvalue weighted by molar-refractivity contribution is -0.145. The highest BCUT2D eigenvalue weighted by Crippen LogP contribution is 2.22. The lowest BCUT2D eigenvalue weighted by Gasteiger charge is -2.18. The van der Waals surface area contributed by atoms with E-state index < -0.39 is 12.0 Å². The molecule has 1 amide bonds.